The van der Waals surface area contributed by atoms with E-state index >= 15 is 0 Å². The molecule has 5 heteroatoms. The second-order valence-electron chi connectivity index (χ2n) is 4.07. The van der Waals surface area contributed by atoms with Crippen molar-refractivity contribution in [3.63, 3.8) is 0 Å². The molecule has 1 aromatic heterocycles. The van der Waals surface area contributed by atoms with Gasteiger partial charge in [-0.25, -0.2) is 4.39 Å². The summed E-state index contributed by atoms with van der Waals surface area (Å²) in [7, 11) is 0. The number of aliphatic hydroxyl groups is 1. The number of aliphatic hydroxyl groups excluding tert-OH is 1. The number of thiophene rings is 1. The molecule has 0 aliphatic heterocycles. The molecule has 2 N–H and O–H groups in total. The van der Waals surface area contributed by atoms with Crippen molar-refractivity contribution in [2.24, 2.45) is 0 Å². The third-order valence-corrected chi connectivity index (χ3v) is 4.33. The summed E-state index contributed by atoms with van der Waals surface area (Å²) in [5.74, 6) is -0.279. The number of rotatable bonds is 4. The minimum absolute atomic E-state index is 0.0507. The van der Waals surface area contributed by atoms with Crippen LogP contribution in [0.2, 0.25) is 0 Å². The molecule has 1 heterocycles. The molecule has 0 radical (unpaired) electrons. The standard InChI is InChI=1S/C13H13BrFNOS/c1-8-2-9(15)4-10(3-8)16-13(5-17)11-6-18-7-12(11)14/h2-4,6-7,13,16-17H,5H2,1H3. The van der Waals surface area contributed by atoms with Gasteiger partial charge in [-0.2, -0.15) is 11.3 Å². The normalized spacial score (nSPS) is 12.4. The van der Waals surface area contributed by atoms with Crippen molar-refractivity contribution in [2.45, 2.75) is 13.0 Å². The first kappa shape index (κ1) is 13.5. The van der Waals surface area contributed by atoms with E-state index in [-0.39, 0.29) is 18.5 Å². The minimum Gasteiger partial charge on any atom is -0.394 e. The summed E-state index contributed by atoms with van der Waals surface area (Å²) in [6.45, 7) is 1.79. The molecule has 96 valence electrons. The highest BCUT2D eigenvalue weighted by atomic mass is 79.9. The van der Waals surface area contributed by atoms with E-state index in [1.807, 2.05) is 23.8 Å². The van der Waals surface area contributed by atoms with Crippen molar-refractivity contribution in [2.75, 3.05) is 11.9 Å². The summed E-state index contributed by atoms with van der Waals surface area (Å²) in [5, 5.41) is 16.5. The maximum absolute atomic E-state index is 13.3. The Balaban J connectivity index is 2.23. The molecule has 0 bridgehead atoms. The second-order valence-corrected chi connectivity index (χ2v) is 5.67. The van der Waals surface area contributed by atoms with Crippen molar-refractivity contribution < 1.29 is 9.50 Å². The maximum atomic E-state index is 13.3. The summed E-state index contributed by atoms with van der Waals surface area (Å²) >= 11 is 4.99. The molecule has 1 unspecified atom stereocenters. The van der Waals surface area contributed by atoms with Gasteiger partial charge >= 0.3 is 0 Å². The second kappa shape index (κ2) is 5.82. The molecule has 0 spiro atoms. The largest absolute Gasteiger partial charge is 0.394 e. The van der Waals surface area contributed by atoms with Crippen LogP contribution in [0.4, 0.5) is 10.1 Å². The van der Waals surface area contributed by atoms with E-state index in [9.17, 15) is 9.50 Å². The molecular weight excluding hydrogens is 317 g/mol. The van der Waals surface area contributed by atoms with Crippen LogP contribution in [-0.4, -0.2) is 11.7 Å². The van der Waals surface area contributed by atoms with Crippen LogP contribution in [0, 0.1) is 12.7 Å². The molecule has 1 aromatic carbocycles. The Bertz CT molecular complexity index is 523. The summed E-state index contributed by atoms with van der Waals surface area (Å²) in [4.78, 5) is 0. The zero-order valence-corrected chi connectivity index (χ0v) is 12.2. The van der Waals surface area contributed by atoms with E-state index in [4.69, 9.17) is 0 Å². The molecule has 2 aromatic rings. The van der Waals surface area contributed by atoms with Crippen LogP contribution >= 0.6 is 27.3 Å². The lowest BCUT2D eigenvalue weighted by Crippen LogP contribution is -2.14. The first-order valence-electron chi connectivity index (χ1n) is 5.46. The van der Waals surface area contributed by atoms with Gasteiger partial charge in [-0.1, -0.05) is 0 Å². The van der Waals surface area contributed by atoms with Crippen LogP contribution in [0.25, 0.3) is 0 Å². The smallest absolute Gasteiger partial charge is 0.125 e. The van der Waals surface area contributed by atoms with Gasteiger partial charge in [0.15, 0.2) is 0 Å². The maximum Gasteiger partial charge on any atom is 0.125 e. The molecule has 0 saturated carbocycles. The highest BCUT2D eigenvalue weighted by Gasteiger charge is 2.14. The van der Waals surface area contributed by atoms with E-state index in [2.05, 4.69) is 21.2 Å². The van der Waals surface area contributed by atoms with Gasteiger partial charge < -0.3 is 10.4 Å². The Morgan fingerprint density at radius 1 is 1.39 bits per heavy atom. The Hall–Kier alpha value is -0.910. The predicted octanol–water partition coefficient (Wildman–Crippen LogP) is 4.10. The summed E-state index contributed by atoms with van der Waals surface area (Å²) in [6, 6.07) is 4.51. The van der Waals surface area contributed by atoms with Gasteiger partial charge in [0.05, 0.1) is 12.6 Å². The number of hydrogen-bond donors (Lipinski definition) is 2. The van der Waals surface area contributed by atoms with Crippen LogP contribution in [-0.2, 0) is 0 Å². The Morgan fingerprint density at radius 3 is 2.72 bits per heavy atom. The highest BCUT2D eigenvalue weighted by molar-refractivity contribution is 9.10. The lowest BCUT2D eigenvalue weighted by Gasteiger charge is -2.18. The van der Waals surface area contributed by atoms with Crippen LogP contribution in [0.5, 0.6) is 0 Å². The average molecular weight is 330 g/mol. The number of anilines is 1. The summed E-state index contributed by atoms with van der Waals surface area (Å²) in [6.07, 6.45) is 0. The number of hydrogen-bond acceptors (Lipinski definition) is 3. The van der Waals surface area contributed by atoms with Crippen LogP contribution < -0.4 is 5.32 Å². The topological polar surface area (TPSA) is 32.3 Å². The zero-order chi connectivity index (χ0) is 13.1. The molecule has 0 amide bonds. The lowest BCUT2D eigenvalue weighted by atomic mass is 10.1. The Morgan fingerprint density at radius 2 is 2.17 bits per heavy atom. The zero-order valence-electron chi connectivity index (χ0n) is 9.78. The fourth-order valence-electron chi connectivity index (χ4n) is 1.78. The van der Waals surface area contributed by atoms with E-state index < -0.39 is 0 Å². The lowest BCUT2D eigenvalue weighted by molar-refractivity contribution is 0.276. The van der Waals surface area contributed by atoms with Gasteiger partial charge in [-0.05, 0) is 52.0 Å². The van der Waals surface area contributed by atoms with E-state index in [1.54, 1.807) is 11.3 Å². The van der Waals surface area contributed by atoms with Crippen molar-refractivity contribution in [3.05, 3.63) is 50.4 Å². The molecular formula is C13H13BrFNOS. The van der Waals surface area contributed by atoms with Crippen LogP contribution in [0.15, 0.2) is 33.4 Å². The quantitative estimate of drug-likeness (QED) is 0.884. The van der Waals surface area contributed by atoms with Gasteiger partial charge in [-0.15, -0.1) is 0 Å². The molecule has 0 aliphatic carbocycles. The number of aryl methyl sites for hydroxylation is 1. The van der Waals surface area contributed by atoms with Gasteiger partial charge in [0.25, 0.3) is 0 Å². The number of benzene rings is 1. The Labute approximate surface area is 118 Å². The molecule has 18 heavy (non-hydrogen) atoms. The minimum atomic E-state index is -0.279. The first-order chi connectivity index (χ1) is 8.60. The molecule has 1 atom stereocenters. The first-order valence-corrected chi connectivity index (χ1v) is 7.20. The van der Waals surface area contributed by atoms with Gasteiger partial charge in [0.2, 0.25) is 0 Å². The number of nitrogens with one attached hydrogen (secondary N) is 1. The molecule has 2 rings (SSSR count). The fraction of sp³-hybridized carbons (Fsp3) is 0.231. The SMILES string of the molecule is Cc1cc(F)cc(NC(CO)c2cscc2Br)c1. The van der Waals surface area contributed by atoms with Crippen molar-refractivity contribution >= 4 is 33.0 Å². The molecule has 0 fully saturated rings. The Kier molecular flexibility index (Phi) is 4.37. The third kappa shape index (κ3) is 3.10. The highest BCUT2D eigenvalue weighted by Crippen LogP contribution is 2.29. The van der Waals surface area contributed by atoms with Crippen molar-refractivity contribution in [1.82, 2.24) is 0 Å². The van der Waals surface area contributed by atoms with Crippen LogP contribution in [0.3, 0.4) is 0 Å². The van der Waals surface area contributed by atoms with E-state index in [0.717, 1.165) is 15.6 Å². The summed E-state index contributed by atoms with van der Waals surface area (Å²) in [5.41, 5.74) is 2.49. The van der Waals surface area contributed by atoms with Crippen molar-refractivity contribution in [3.8, 4) is 0 Å². The summed E-state index contributed by atoms with van der Waals surface area (Å²) < 4.78 is 14.2. The van der Waals surface area contributed by atoms with E-state index in [1.165, 1.54) is 12.1 Å². The van der Waals surface area contributed by atoms with Crippen LogP contribution in [0.1, 0.15) is 17.2 Å². The average Bonchev–Trinajstić information content (AvgIpc) is 2.71. The van der Waals surface area contributed by atoms with Gasteiger partial charge in [-0.3, -0.25) is 0 Å². The molecule has 2 nitrogen and oxygen atoms in total. The van der Waals surface area contributed by atoms with Crippen molar-refractivity contribution in [1.29, 1.82) is 0 Å². The predicted molar refractivity (Wildman–Crippen MR) is 76.6 cm³/mol. The number of halogens is 2. The molecule has 0 saturated heterocycles. The fourth-order valence-corrected chi connectivity index (χ4v) is 3.41. The van der Waals surface area contributed by atoms with Gasteiger partial charge in [0.1, 0.15) is 5.82 Å². The van der Waals surface area contributed by atoms with E-state index in [0.29, 0.717) is 5.69 Å². The third-order valence-electron chi connectivity index (χ3n) is 2.58. The van der Waals surface area contributed by atoms with Gasteiger partial charge in [0, 0.05) is 21.1 Å². The monoisotopic (exact) mass is 329 g/mol. The molecule has 0 aliphatic rings.